The summed E-state index contributed by atoms with van der Waals surface area (Å²) in [5.41, 5.74) is 1.57. The third kappa shape index (κ3) is 5.48. The second kappa shape index (κ2) is 10.3. The van der Waals surface area contributed by atoms with Gasteiger partial charge in [0.05, 0.1) is 12.0 Å². The molecule has 1 atom stereocenters. The zero-order chi connectivity index (χ0) is 21.5. The van der Waals surface area contributed by atoms with Gasteiger partial charge in [-0.1, -0.05) is 50.1 Å². The molecular formula is C27H36N2O2. The van der Waals surface area contributed by atoms with E-state index in [1.54, 1.807) is 0 Å². The molecule has 0 aromatic heterocycles. The van der Waals surface area contributed by atoms with E-state index in [0.717, 1.165) is 68.2 Å². The Bertz CT molecular complexity index is 828. The lowest BCUT2D eigenvalue weighted by atomic mass is 9.78. The number of nitrogens with zero attached hydrogens (tertiary/aromatic N) is 1. The first-order valence-corrected chi connectivity index (χ1v) is 12.0. The van der Waals surface area contributed by atoms with Crippen molar-refractivity contribution in [1.82, 2.24) is 4.90 Å². The molecule has 1 heterocycles. The Morgan fingerprint density at radius 3 is 2.52 bits per heavy atom. The normalized spacial score (nSPS) is 21.0. The van der Waals surface area contributed by atoms with Crippen molar-refractivity contribution < 1.29 is 9.53 Å². The Balaban J connectivity index is 1.27. The number of piperidine rings is 1. The van der Waals surface area contributed by atoms with Crippen molar-refractivity contribution in [3.05, 3.63) is 60.2 Å². The van der Waals surface area contributed by atoms with E-state index in [2.05, 4.69) is 29.3 Å². The summed E-state index contributed by atoms with van der Waals surface area (Å²) in [7, 11) is 0. The summed E-state index contributed by atoms with van der Waals surface area (Å²) >= 11 is 0. The first kappa shape index (κ1) is 21.9. The van der Waals surface area contributed by atoms with Gasteiger partial charge in [-0.15, -0.1) is 0 Å². The monoisotopic (exact) mass is 420 g/mol. The van der Waals surface area contributed by atoms with Gasteiger partial charge in [-0.3, -0.25) is 4.79 Å². The molecule has 2 aliphatic rings. The molecule has 0 bridgehead atoms. The van der Waals surface area contributed by atoms with E-state index in [0.29, 0.717) is 0 Å². The minimum absolute atomic E-state index is 0.112. The molecule has 166 valence electrons. The number of carbonyl (C=O) groups is 1. The number of carbonyl (C=O) groups excluding carboxylic acids is 1. The second-order valence-corrected chi connectivity index (χ2v) is 9.38. The smallest absolute Gasteiger partial charge is 0.235 e. The minimum atomic E-state index is -0.400. The molecule has 2 fully saturated rings. The van der Waals surface area contributed by atoms with Crippen LogP contribution < -0.4 is 10.1 Å². The van der Waals surface area contributed by atoms with Crippen LogP contribution in [0.2, 0.25) is 0 Å². The van der Waals surface area contributed by atoms with E-state index in [4.69, 9.17) is 4.74 Å². The minimum Gasteiger partial charge on any atom is -0.494 e. The van der Waals surface area contributed by atoms with Crippen molar-refractivity contribution >= 4 is 11.6 Å². The van der Waals surface area contributed by atoms with Crippen LogP contribution in [0.4, 0.5) is 5.69 Å². The van der Waals surface area contributed by atoms with Gasteiger partial charge in [0.1, 0.15) is 5.75 Å². The van der Waals surface area contributed by atoms with Crippen LogP contribution in [0.3, 0.4) is 0 Å². The van der Waals surface area contributed by atoms with E-state index >= 15 is 0 Å². The quantitative estimate of drug-likeness (QED) is 0.562. The lowest BCUT2D eigenvalue weighted by Crippen LogP contribution is -2.37. The van der Waals surface area contributed by atoms with E-state index in [9.17, 15) is 4.79 Å². The molecule has 2 aromatic rings. The van der Waals surface area contributed by atoms with Gasteiger partial charge in [0, 0.05) is 18.8 Å². The Labute approximate surface area is 187 Å². The highest BCUT2D eigenvalue weighted by Gasteiger charge is 2.42. The summed E-state index contributed by atoms with van der Waals surface area (Å²) < 4.78 is 5.93. The second-order valence-electron chi connectivity index (χ2n) is 9.38. The zero-order valence-electron chi connectivity index (χ0n) is 18.8. The first-order valence-electron chi connectivity index (χ1n) is 12.0. The van der Waals surface area contributed by atoms with Gasteiger partial charge in [0.15, 0.2) is 0 Å². The number of nitrogens with one attached hydrogen (secondary N) is 1. The Hall–Kier alpha value is -2.33. The number of hydrogen-bond acceptors (Lipinski definition) is 3. The summed E-state index contributed by atoms with van der Waals surface area (Å²) in [5, 5.41) is 3.16. The predicted molar refractivity (Wildman–Crippen MR) is 127 cm³/mol. The molecule has 1 saturated heterocycles. The van der Waals surface area contributed by atoms with E-state index < -0.39 is 5.41 Å². The molecule has 1 saturated carbocycles. The fourth-order valence-electron chi connectivity index (χ4n) is 5.24. The average molecular weight is 421 g/mol. The highest BCUT2D eigenvalue weighted by atomic mass is 16.5. The van der Waals surface area contributed by atoms with Crippen molar-refractivity contribution in [2.24, 2.45) is 5.92 Å². The average Bonchev–Trinajstić information content (AvgIpc) is 3.30. The van der Waals surface area contributed by atoms with E-state index in [1.807, 2.05) is 42.5 Å². The SMILES string of the molecule is C[C@@H]1CCCN(CCCOc2ccc(NC(=O)C3(c4ccccc4)CCCC3)cc2)C1. The van der Waals surface area contributed by atoms with E-state index in [1.165, 1.54) is 25.9 Å². The van der Waals surface area contributed by atoms with Crippen LogP contribution in [-0.2, 0) is 10.2 Å². The standard InChI is InChI=1S/C27H36N2O2/c1-22-9-7-18-29(21-22)19-8-20-31-25-14-12-24(13-15-25)28-26(30)27(16-5-6-17-27)23-10-3-2-4-11-23/h2-4,10-15,22H,5-9,16-21H2,1H3,(H,28,30)/t22-/m1/s1. The zero-order valence-corrected chi connectivity index (χ0v) is 18.8. The predicted octanol–water partition coefficient (Wildman–Crippen LogP) is 5.64. The number of benzene rings is 2. The summed E-state index contributed by atoms with van der Waals surface area (Å²) in [4.78, 5) is 15.8. The maximum Gasteiger partial charge on any atom is 0.235 e. The molecule has 2 aromatic carbocycles. The summed E-state index contributed by atoms with van der Waals surface area (Å²) in [6, 6.07) is 18.1. The van der Waals surface area contributed by atoms with Crippen molar-refractivity contribution in [3.8, 4) is 5.75 Å². The Morgan fingerprint density at radius 2 is 1.81 bits per heavy atom. The third-order valence-corrected chi connectivity index (χ3v) is 6.96. The van der Waals surface area contributed by atoms with Gasteiger partial charge in [0.2, 0.25) is 5.91 Å². The molecule has 4 heteroatoms. The fourth-order valence-corrected chi connectivity index (χ4v) is 5.24. The number of anilines is 1. The van der Waals surface area contributed by atoms with Crippen LogP contribution in [0.25, 0.3) is 0 Å². The lowest BCUT2D eigenvalue weighted by Gasteiger charge is -2.30. The van der Waals surface area contributed by atoms with Crippen molar-refractivity contribution in [2.45, 2.75) is 57.3 Å². The maximum absolute atomic E-state index is 13.3. The summed E-state index contributed by atoms with van der Waals surface area (Å²) in [6.07, 6.45) is 7.77. The van der Waals surface area contributed by atoms with Crippen molar-refractivity contribution in [3.63, 3.8) is 0 Å². The van der Waals surface area contributed by atoms with Gasteiger partial charge < -0.3 is 15.0 Å². The molecule has 1 aliphatic carbocycles. The molecule has 1 aliphatic heterocycles. The topological polar surface area (TPSA) is 41.6 Å². The van der Waals surface area contributed by atoms with E-state index in [-0.39, 0.29) is 5.91 Å². The summed E-state index contributed by atoms with van der Waals surface area (Å²) in [6.45, 7) is 6.63. The van der Waals surface area contributed by atoms with Crippen LogP contribution in [0.15, 0.2) is 54.6 Å². The van der Waals surface area contributed by atoms with Crippen molar-refractivity contribution in [2.75, 3.05) is 31.6 Å². The van der Waals surface area contributed by atoms with Gasteiger partial charge in [0.25, 0.3) is 0 Å². The summed E-state index contributed by atoms with van der Waals surface area (Å²) in [5.74, 6) is 1.80. The number of amides is 1. The number of hydrogen-bond donors (Lipinski definition) is 1. The van der Waals surface area contributed by atoms with Crippen LogP contribution in [0.1, 0.15) is 57.4 Å². The van der Waals surface area contributed by atoms with Gasteiger partial charge in [-0.05, 0) is 74.4 Å². The van der Waals surface area contributed by atoms with Gasteiger partial charge >= 0.3 is 0 Å². The fraction of sp³-hybridized carbons (Fsp3) is 0.519. The molecule has 4 nitrogen and oxygen atoms in total. The Kier molecular flexibility index (Phi) is 7.29. The first-order chi connectivity index (χ1) is 15.2. The molecule has 1 N–H and O–H groups in total. The molecule has 1 amide bonds. The highest BCUT2D eigenvalue weighted by Crippen LogP contribution is 2.42. The molecule has 4 rings (SSSR count). The maximum atomic E-state index is 13.3. The Morgan fingerprint density at radius 1 is 1.06 bits per heavy atom. The van der Waals surface area contributed by atoms with Crippen LogP contribution in [-0.4, -0.2) is 37.0 Å². The molecule has 31 heavy (non-hydrogen) atoms. The van der Waals surface area contributed by atoms with Crippen LogP contribution in [0.5, 0.6) is 5.75 Å². The van der Waals surface area contributed by atoms with Crippen LogP contribution in [0, 0.1) is 5.92 Å². The van der Waals surface area contributed by atoms with Crippen LogP contribution >= 0.6 is 0 Å². The lowest BCUT2D eigenvalue weighted by molar-refractivity contribution is -0.121. The number of rotatable bonds is 8. The largest absolute Gasteiger partial charge is 0.494 e. The highest BCUT2D eigenvalue weighted by molar-refractivity contribution is 5.99. The third-order valence-electron chi connectivity index (χ3n) is 6.96. The van der Waals surface area contributed by atoms with Crippen molar-refractivity contribution in [1.29, 1.82) is 0 Å². The molecule has 0 radical (unpaired) electrons. The number of ether oxygens (including phenoxy) is 1. The van der Waals surface area contributed by atoms with Gasteiger partial charge in [-0.2, -0.15) is 0 Å². The van der Waals surface area contributed by atoms with Gasteiger partial charge in [-0.25, -0.2) is 0 Å². The molecular weight excluding hydrogens is 384 g/mol. The number of likely N-dealkylation sites (tertiary alicyclic amines) is 1. The molecule has 0 unspecified atom stereocenters. The molecule has 0 spiro atoms.